The smallest absolute Gasteiger partial charge is 0.187 e. The third-order valence-corrected chi connectivity index (χ3v) is 4.46. The first-order chi connectivity index (χ1) is 11.8. The lowest BCUT2D eigenvalue weighted by Crippen LogP contribution is -2.62. The van der Waals surface area contributed by atoms with E-state index in [1.807, 2.05) is 0 Å². The van der Waals surface area contributed by atoms with Gasteiger partial charge in [0.1, 0.15) is 48.8 Å². The fraction of sp³-hybridized carbons (Fsp3) is 1.00. The quantitative estimate of drug-likeness (QED) is 0.271. The van der Waals surface area contributed by atoms with Crippen molar-refractivity contribution in [2.24, 2.45) is 0 Å². The third-order valence-electron chi connectivity index (χ3n) is 4.46. The van der Waals surface area contributed by atoms with Crippen LogP contribution in [0.15, 0.2) is 0 Å². The molecule has 2 saturated heterocycles. The normalized spacial score (nSPS) is 46.6. The van der Waals surface area contributed by atoms with Crippen molar-refractivity contribution in [1.82, 2.24) is 0 Å². The van der Waals surface area contributed by atoms with Crippen molar-refractivity contribution in [3.63, 3.8) is 0 Å². The van der Waals surface area contributed by atoms with Crippen LogP contribution < -0.4 is 0 Å². The number of methoxy groups -OCH3 is 2. The number of aliphatic hydroxyl groups excluding tert-OH is 6. The first-order valence-corrected chi connectivity index (χ1v) is 7.85. The first-order valence-electron chi connectivity index (χ1n) is 7.85. The summed E-state index contributed by atoms with van der Waals surface area (Å²) >= 11 is 0. The summed E-state index contributed by atoms with van der Waals surface area (Å²) in [4.78, 5) is 0. The van der Waals surface area contributed by atoms with E-state index in [0.717, 1.165) is 0 Å². The Balaban J connectivity index is 0.00000338. The molecule has 4 unspecified atom stereocenters. The summed E-state index contributed by atoms with van der Waals surface area (Å²) in [5.41, 5.74) is 0. The second kappa shape index (κ2) is 10.2. The van der Waals surface area contributed by atoms with Gasteiger partial charge in [0.05, 0.1) is 13.2 Å². The van der Waals surface area contributed by atoms with Crippen molar-refractivity contribution in [3.8, 4) is 0 Å². The van der Waals surface area contributed by atoms with Crippen molar-refractivity contribution >= 4 is 0 Å². The fourth-order valence-corrected chi connectivity index (χ4v) is 2.94. The highest BCUT2D eigenvalue weighted by molar-refractivity contribution is 4.92. The lowest BCUT2D eigenvalue weighted by Gasteiger charge is -2.43. The Morgan fingerprint density at radius 3 is 1.88 bits per heavy atom. The van der Waals surface area contributed by atoms with E-state index in [0.29, 0.717) is 0 Å². The van der Waals surface area contributed by atoms with Crippen molar-refractivity contribution in [2.45, 2.75) is 68.8 Å². The molecule has 2 aliphatic heterocycles. The Morgan fingerprint density at radius 1 is 0.808 bits per heavy atom. The highest BCUT2D eigenvalue weighted by atomic mass is 16.7. The molecule has 0 aromatic rings. The third kappa shape index (κ3) is 4.69. The largest absolute Gasteiger partial charge is 0.394 e. The van der Waals surface area contributed by atoms with Gasteiger partial charge in [0.2, 0.25) is 0 Å². The summed E-state index contributed by atoms with van der Waals surface area (Å²) in [6.45, 7) is -0.874. The molecule has 0 bridgehead atoms. The highest BCUT2D eigenvalue weighted by Gasteiger charge is 2.47. The molecule has 2 heterocycles. The van der Waals surface area contributed by atoms with Gasteiger partial charge in [-0.1, -0.05) is 7.43 Å². The monoisotopic (exact) mass is 388 g/mol. The summed E-state index contributed by atoms with van der Waals surface area (Å²) < 4.78 is 25.9. The fourth-order valence-electron chi connectivity index (χ4n) is 2.94. The molecule has 2 fully saturated rings. The van der Waals surface area contributed by atoms with Crippen molar-refractivity contribution < 1.29 is 55.8 Å². The van der Waals surface area contributed by atoms with E-state index in [1.165, 1.54) is 14.2 Å². The molecular formula is C15H32O11. The molecular weight excluding hydrogens is 356 g/mol. The molecule has 2 rings (SSSR count). The predicted octanol–water partition coefficient (Wildman–Crippen LogP) is -3.21. The van der Waals surface area contributed by atoms with Gasteiger partial charge in [0.15, 0.2) is 12.6 Å². The van der Waals surface area contributed by atoms with Gasteiger partial charge in [0.25, 0.3) is 0 Å². The van der Waals surface area contributed by atoms with Crippen molar-refractivity contribution in [1.29, 1.82) is 0 Å². The molecule has 10 atom stereocenters. The lowest BCUT2D eigenvalue weighted by atomic mass is 9.98. The van der Waals surface area contributed by atoms with E-state index >= 15 is 0 Å². The molecule has 0 aliphatic carbocycles. The zero-order valence-electron chi connectivity index (χ0n) is 13.9. The van der Waals surface area contributed by atoms with Gasteiger partial charge in [0, 0.05) is 15.6 Å². The molecule has 0 amide bonds. The van der Waals surface area contributed by atoms with Crippen LogP contribution in [0.5, 0.6) is 0 Å². The molecule has 11 heteroatoms. The molecule has 0 aromatic heterocycles. The summed E-state index contributed by atoms with van der Waals surface area (Å²) in [6.07, 6.45) is -12.5. The van der Waals surface area contributed by atoms with E-state index in [4.69, 9.17) is 23.7 Å². The van der Waals surface area contributed by atoms with Crippen LogP contribution in [0.1, 0.15) is 8.85 Å². The van der Waals surface area contributed by atoms with E-state index in [-0.39, 0.29) is 15.5 Å². The predicted molar refractivity (Wildman–Crippen MR) is 87.0 cm³/mol. The maximum atomic E-state index is 10.1. The molecule has 2 aliphatic rings. The topological polar surface area (TPSA) is 168 Å². The van der Waals surface area contributed by atoms with Crippen LogP contribution in [-0.2, 0) is 23.7 Å². The standard InChI is InChI=1S/C14H26O11.CH4.H2/c1-21-11-9(18)8(17)6(24-13(11)20)4-23-14-12(22-2)10(19)7(16)5(3-15)25-14;;/h5-20H,3-4H2,1-2H3;1H4;1H/t5?,6?,7-,8-,9?,10?,11+,12+,13+,14+;;/m1../s1. The molecule has 0 saturated carbocycles. The summed E-state index contributed by atoms with van der Waals surface area (Å²) in [7, 11) is 2.53. The lowest BCUT2D eigenvalue weighted by molar-refractivity contribution is -0.329. The number of aliphatic hydroxyl groups is 6. The van der Waals surface area contributed by atoms with Crippen LogP contribution in [0.4, 0.5) is 0 Å². The zero-order valence-corrected chi connectivity index (χ0v) is 13.9. The number of rotatable bonds is 6. The van der Waals surface area contributed by atoms with E-state index < -0.39 is 68.0 Å². The van der Waals surface area contributed by atoms with Crippen LogP contribution in [0.2, 0.25) is 0 Å². The minimum Gasteiger partial charge on any atom is -0.394 e. The molecule has 158 valence electrons. The van der Waals surface area contributed by atoms with Gasteiger partial charge in [-0.3, -0.25) is 0 Å². The summed E-state index contributed by atoms with van der Waals surface area (Å²) in [5, 5.41) is 58.8. The Kier molecular flexibility index (Phi) is 9.26. The van der Waals surface area contributed by atoms with Crippen LogP contribution in [0, 0.1) is 0 Å². The highest BCUT2D eigenvalue weighted by Crippen LogP contribution is 2.26. The van der Waals surface area contributed by atoms with Crippen molar-refractivity contribution in [3.05, 3.63) is 0 Å². The van der Waals surface area contributed by atoms with Crippen LogP contribution >= 0.6 is 0 Å². The minimum absolute atomic E-state index is 0. The van der Waals surface area contributed by atoms with Gasteiger partial charge >= 0.3 is 0 Å². The SMILES string of the molecule is C.CO[C@H]1C(O)[C@H](O)C(CO)O[C@@H]1OCC1O[C@H](O)[C@@H](OC)C(O)[C@@H]1O.[HH]. The molecule has 0 aromatic carbocycles. The maximum Gasteiger partial charge on any atom is 0.187 e. The Labute approximate surface area is 153 Å². The van der Waals surface area contributed by atoms with E-state index in [9.17, 15) is 30.6 Å². The van der Waals surface area contributed by atoms with Crippen LogP contribution in [-0.4, -0.2) is 119 Å². The van der Waals surface area contributed by atoms with Gasteiger partial charge < -0.3 is 54.3 Å². The van der Waals surface area contributed by atoms with Crippen LogP contribution in [0.3, 0.4) is 0 Å². The number of hydrogen-bond acceptors (Lipinski definition) is 11. The number of hydrogen-bond donors (Lipinski definition) is 6. The van der Waals surface area contributed by atoms with Gasteiger partial charge in [-0.2, -0.15) is 0 Å². The molecule has 0 radical (unpaired) electrons. The summed E-state index contributed by atoms with van der Waals surface area (Å²) in [6, 6.07) is 0. The minimum atomic E-state index is -1.47. The Morgan fingerprint density at radius 2 is 1.35 bits per heavy atom. The average molecular weight is 388 g/mol. The number of ether oxygens (including phenoxy) is 5. The van der Waals surface area contributed by atoms with Crippen molar-refractivity contribution in [2.75, 3.05) is 27.4 Å². The first kappa shape index (κ1) is 23.6. The van der Waals surface area contributed by atoms with Gasteiger partial charge in [-0.25, -0.2) is 0 Å². The molecule has 11 nitrogen and oxygen atoms in total. The van der Waals surface area contributed by atoms with E-state index in [2.05, 4.69) is 0 Å². The molecule has 0 spiro atoms. The maximum absolute atomic E-state index is 10.1. The molecule has 6 N–H and O–H groups in total. The zero-order chi connectivity index (χ0) is 18.7. The average Bonchev–Trinajstić information content (AvgIpc) is 2.60. The molecule has 26 heavy (non-hydrogen) atoms. The summed E-state index contributed by atoms with van der Waals surface area (Å²) in [5.74, 6) is 0. The Hall–Kier alpha value is -0.440. The van der Waals surface area contributed by atoms with Crippen LogP contribution in [0.25, 0.3) is 0 Å². The van der Waals surface area contributed by atoms with Gasteiger partial charge in [-0.05, 0) is 0 Å². The van der Waals surface area contributed by atoms with Gasteiger partial charge in [-0.15, -0.1) is 0 Å². The second-order valence-electron chi connectivity index (χ2n) is 5.99. The Bertz CT molecular complexity index is 417. The second-order valence-corrected chi connectivity index (χ2v) is 5.99. The van der Waals surface area contributed by atoms with E-state index in [1.54, 1.807) is 0 Å².